The standard InChI is InChI=1S/C8H9NO3/c1-11-8(10)7-6-4-12-3-5(6)2-9-7/h2,9H,3-4H2,1H3. The predicted molar refractivity (Wildman–Crippen MR) is 40.6 cm³/mol. The second kappa shape index (κ2) is 2.64. The minimum Gasteiger partial charge on any atom is -0.464 e. The van der Waals surface area contributed by atoms with Gasteiger partial charge in [0, 0.05) is 17.3 Å². The SMILES string of the molecule is COC(=O)c1[nH]cc2c1COC2. The van der Waals surface area contributed by atoms with Crippen molar-refractivity contribution in [1.29, 1.82) is 0 Å². The number of rotatable bonds is 1. The second-order valence-electron chi connectivity index (χ2n) is 2.65. The Morgan fingerprint density at radius 3 is 3.25 bits per heavy atom. The number of carbonyl (C=O) groups excluding carboxylic acids is 1. The molecule has 64 valence electrons. The number of hydrogen-bond donors (Lipinski definition) is 1. The van der Waals surface area contributed by atoms with E-state index in [4.69, 9.17) is 4.74 Å². The van der Waals surface area contributed by atoms with Gasteiger partial charge in [-0.2, -0.15) is 0 Å². The van der Waals surface area contributed by atoms with Gasteiger partial charge in [0.1, 0.15) is 5.69 Å². The summed E-state index contributed by atoms with van der Waals surface area (Å²) in [6.45, 7) is 1.09. The molecule has 0 unspecified atom stereocenters. The molecule has 4 nitrogen and oxygen atoms in total. The van der Waals surface area contributed by atoms with E-state index in [1.165, 1.54) is 7.11 Å². The summed E-state index contributed by atoms with van der Waals surface area (Å²) in [7, 11) is 1.37. The highest BCUT2D eigenvalue weighted by Crippen LogP contribution is 2.23. The fraction of sp³-hybridized carbons (Fsp3) is 0.375. The first-order valence-corrected chi connectivity index (χ1v) is 3.68. The molecule has 0 aliphatic carbocycles. The van der Waals surface area contributed by atoms with Crippen LogP contribution in [0.25, 0.3) is 0 Å². The third-order valence-corrected chi connectivity index (χ3v) is 1.97. The monoisotopic (exact) mass is 167 g/mol. The molecule has 0 saturated heterocycles. The quantitative estimate of drug-likeness (QED) is 0.630. The van der Waals surface area contributed by atoms with E-state index in [-0.39, 0.29) is 5.97 Å². The van der Waals surface area contributed by atoms with Gasteiger partial charge in [0.15, 0.2) is 0 Å². The molecule has 4 heteroatoms. The maximum absolute atomic E-state index is 11.1. The molecular weight excluding hydrogens is 158 g/mol. The number of H-pyrrole nitrogens is 1. The van der Waals surface area contributed by atoms with E-state index in [2.05, 4.69) is 9.72 Å². The number of hydrogen-bond acceptors (Lipinski definition) is 3. The number of esters is 1. The molecule has 0 bridgehead atoms. The molecule has 0 aromatic carbocycles. The van der Waals surface area contributed by atoms with Crippen molar-refractivity contribution in [2.45, 2.75) is 13.2 Å². The van der Waals surface area contributed by atoms with E-state index in [1.54, 1.807) is 6.20 Å². The normalized spacial score (nSPS) is 14.4. The van der Waals surface area contributed by atoms with Gasteiger partial charge in [0.25, 0.3) is 0 Å². The topological polar surface area (TPSA) is 51.3 Å². The van der Waals surface area contributed by atoms with Crippen molar-refractivity contribution in [2.24, 2.45) is 0 Å². The minimum atomic E-state index is -0.332. The van der Waals surface area contributed by atoms with E-state index in [0.717, 1.165) is 11.1 Å². The number of carbonyl (C=O) groups is 1. The first-order chi connectivity index (χ1) is 5.83. The van der Waals surface area contributed by atoms with Crippen molar-refractivity contribution in [3.8, 4) is 0 Å². The summed E-state index contributed by atoms with van der Waals surface area (Å²) >= 11 is 0. The van der Waals surface area contributed by atoms with Crippen LogP contribution in [0.1, 0.15) is 21.6 Å². The van der Waals surface area contributed by atoms with Crippen molar-refractivity contribution >= 4 is 5.97 Å². The third-order valence-electron chi connectivity index (χ3n) is 1.97. The zero-order chi connectivity index (χ0) is 8.55. The van der Waals surface area contributed by atoms with Gasteiger partial charge in [-0.25, -0.2) is 4.79 Å². The Hall–Kier alpha value is -1.29. The summed E-state index contributed by atoms with van der Waals surface area (Å²) in [5.41, 5.74) is 2.50. The molecule has 0 amide bonds. The van der Waals surface area contributed by atoms with Crippen LogP contribution in [-0.2, 0) is 22.7 Å². The highest BCUT2D eigenvalue weighted by molar-refractivity contribution is 5.89. The zero-order valence-electron chi connectivity index (χ0n) is 6.72. The van der Waals surface area contributed by atoms with E-state index in [1.807, 2.05) is 0 Å². The summed E-state index contributed by atoms with van der Waals surface area (Å²) in [5.74, 6) is -0.332. The Labute approximate surface area is 69.5 Å². The lowest BCUT2D eigenvalue weighted by atomic mass is 10.2. The smallest absolute Gasteiger partial charge is 0.354 e. The maximum atomic E-state index is 11.1. The van der Waals surface area contributed by atoms with Crippen LogP contribution in [0, 0.1) is 0 Å². The van der Waals surface area contributed by atoms with E-state index in [9.17, 15) is 4.79 Å². The number of methoxy groups -OCH3 is 1. The lowest BCUT2D eigenvalue weighted by molar-refractivity contribution is 0.0589. The van der Waals surface area contributed by atoms with Gasteiger partial charge in [-0.1, -0.05) is 0 Å². The van der Waals surface area contributed by atoms with Crippen molar-refractivity contribution in [1.82, 2.24) is 4.98 Å². The summed E-state index contributed by atoms with van der Waals surface area (Å²) < 4.78 is 9.76. The molecule has 1 aliphatic rings. The lowest BCUT2D eigenvalue weighted by Crippen LogP contribution is -2.04. The van der Waals surface area contributed by atoms with Gasteiger partial charge in [0.2, 0.25) is 0 Å². The Balaban J connectivity index is 2.39. The molecule has 2 rings (SSSR count). The predicted octanol–water partition coefficient (Wildman–Crippen LogP) is 0.832. The van der Waals surface area contributed by atoms with Gasteiger partial charge in [-0.15, -0.1) is 0 Å². The van der Waals surface area contributed by atoms with E-state index < -0.39 is 0 Å². The number of aromatic nitrogens is 1. The molecule has 2 heterocycles. The van der Waals surface area contributed by atoms with Crippen molar-refractivity contribution in [2.75, 3.05) is 7.11 Å². The Morgan fingerprint density at radius 2 is 2.50 bits per heavy atom. The summed E-state index contributed by atoms with van der Waals surface area (Å²) in [4.78, 5) is 14.0. The molecule has 1 aliphatic heterocycles. The Morgan fingerprint density at radius 1 is 1.67 bits per heavy atom. The van der Waals surface area contributed by atoms with Gasteiger partial charge in [-0.3, -0.25) is 0 Å². The number of nitrogens with one attached hydrogen (secondary N) is 1. The molecule has 0 fully saturated rings. The summed E-state index contributed by atoms with van der Waals surface area (Å²) in [6.07, 6.45) is 1.79. The zero-order valence-corrected chi connectivity index (χ0v) is 6.72. The summed E-state index contributed by atoms with van der Waals surface area (Å²) in [6, 6.07) is 0. The Bertz CT molecular complexity index is 316. The van der Waals surface area contributed by atoms with Gasteiger partial charge in [0.05, 0.1) is 20.3 Å². The first kappa shape index (κ1) is 7.36. The molecule has 0 saturated carbocycles. The average Bonchev–Trinajstić information content (AvgIpc) is 2.62. The van der Waals surface area contributed by atoms with Gasteiger partial charge >= 0.3 is 5.97 Å². The maximum Gasteiger partial charge on any atom is 0.354 e. The molecule has 1 aromatic rings. The van der Waals surface area contributed by atoms with E-state index >= 15 is 0 Å². The van der Waals surface area contributed by atoms with Crippen molar-refractivity contribution < 1.29 is 14.3 Å². The molecule has 0 spiro atoms. The van der Waals surface area contributed by atoms with Crippen LogP contribution in [-0.4, -0.2) is 18.1 Å². The van der Waals surface area contributed by atoms with Gasteiger partial charge < -0.3 is 14.5 Å². The number of fused-ring (bicyclic) bond motifs is 1. The van der Waals surface area contributed by atoms with Crippen LogP contribution in [0.2, 0.25) is 0 Å². The third kappa shape index (κ3) is 0.921. The van der Waals surface area contributed by atoms with Gasteiger partial charge in [-0.05, 0) is 0 Å². The van der Waals surface area contributed by atoms with Crippen molar-refractivity contribution in [3.63, 3.8) is 0 Å². The largest absolute Gasteiger partial charge is 0.464 e. The van der Waals surface area contributed by atoms with E-state index in [0.29, 0.717) is 18.9 Å². The number of aromatic amines is 1. The molecule has 0 atom stereocenters. The van der Waals surface area contributed by atoms with Crippen LogP contribution in [0.15, 0.2) is 6.20 Å². The molecule has 1 aromatic heterocycles. The highest BCUT2D eigenvalue weighted by Gasteiger charge is 2.21. The molecular formula is C8H9NO3. The van der Waals surface area contributed by atoms with Crippen LogP contribution in [0.3, 0.4) is 0 Å². The highest BCUT2D eigenvalue weighted by atomic mass is 16.5. The second-order valence-corrected chi connectivity index (χ2v) is 2.65. The van der Waals surface area contributed by atoms with Crippen molar-refractivity contribution in [3.05, 3.63) is 23.0 Å². The lowest BCUT2D eigenvalue weighted by Gasteiger charge is -1.97. The molecule has 0 radical (unpaired) electrons. The number of ether oxygens (including phenoxy) is 2. The van der Waals surface area contributed by atoms with Crippen LogP contribution in [0.5, 0.6) is 0 Å². The fourth-order valence-corrected chi connectivity index (χ4v) is 1.33. The minimum absolute atomic E-state index is 0.332. The van der Waals surface area contributed by atoms with Crippen LogP contribution in [0.4, 0.5) is 0 Å². The van der Waals surface area contributed by atoms with Crippen LogP contribution < -0.4 is 0 Å². The Kier molecular flexibility index (Phi) is 1.62. The van der Waals surface area contributed by atoms with Crippen LogP contribution >= 0.6 is 0 Å². The molecule has 12 heavy (non-hydrogen) atoms. The average molecular weight is 167 g/mol. The summed E-state index contributed by atoms with van der Waals surface area (Å²) in [5, 5.41) is 0. The molecule has 1 N–H and O–H groups in total. The first-order valence-electron chi connectivity index (χ1n) is 3.68. The fourth-order valence-electron chi connectivity index (χ4n) is 1.33.